The van der Waals surface area contributed by atoms with Gasteiger partial charge in [-0.25, -0.2) is 18.0 Å². The fraction of sp³-hybridized carbons (Fsp3) is 0.333. The summed E-state index contributed by atoms with van der Waals surface area (Å²) < 4.78 is 55.9. The maximum atomic E-state index is 15.3. The number of nitrogens with zero attached hydrogens (tertiary/aromatic N) is 1. The fourth-order valence-electron chi connectivity index (χ4n) is 3.87. The van der Waals surface area contributed by atoms with Gasteiger partial charge in [-0.1, -0.05) is 11.6 Å². The molecule has 0 spiro atoms. The Kier molecular flexibility index (Phi) is 10.1. The Hall–Kier alpha value is -2.54. The number of aromatic nitrogens is 1. The van der Waals surface area contributed by atoms with Crippen molar-refractivity contribution in [3.8, 4) is 11.1 Å². The summed E-state index contributed by atoms with van der Waals surface area (Å²) in [6.45, 7) is 7.13. The van der Waals surface area contributed by atoms with Gasteiger partial charge < -0.3 is 9.12 Å². The highest BCUT2D eigenvalue weighted by Gasteiger charge is 2.26. The van der Waals surface area contributed by atoms with Crippen LogP contribution in [0.1, 0.15) is 60.8 Å². The lowest BCUT2D eigenvalue weighted by Crippen LogP contribution is -2.35. The Morgan fingerprint density at radius 3 is 2.36 bits per heavy atom. The summed E-state index contributed by atoms with van der Waals surface area (Å²) in [5.74, 6) is -1.15. The first-order valence-corrected chi connectivity index (χ1v) is 14.6. The molecule has 3 atom stereocenters. The van der Waals surface area contributed by atoms with E-state index >= 15 is 4.39 Å². The molecule has 0 bridgehead atoms. The van der Waals surface area contributed by atoms with Crippen LogP contribution in [0, 0.1) is 5.82 Å². The van der Waals surface area contributed by atoms with Crippen LogP contribution in [0.2, 0.25) is 5.02 Å². The average molecular weight is 595 g/mol. The number of aryl methyl sites for hydroxylation is 1. The van der Waals surface area contributed by atoms with E-state index in [2.05, 4.69) is 9.44 Å². The summed E-state index contributed by atoms with van der Waals surface area (Å²) in [4.78, 5) is 26.3. The Bertz CT molecular complexity index is 1490. The molecule has 0 amide bonds. The minimum absolute atomic E-state index is 0.0190. The van der Waals surface area contributed by atoms with Crippen molar-refractivity contribution < 1.29 is 22.2 Å². The van der Waals surface area contributed by atoms with Crippen LogP contribution >= 0.6 is 11.6 Å². The second-order valence-corrected chi connectivity index (χ2v) is 13.2. The summed E-state index contributed by atoms with van der Waals surface area (Å²) >= 11 is 3.47. The Morgan fingerprint density at radius 2 is 1.77 bits per heavy atom. The maximum Gasteiger partial charge on any atom is 0.250 e. The Morgan fingerprint density at radius 1 is 1.13 bits per heavy atom. The number of ketones is 1. The minimum Gasteiger partial charge on any atom is -0.760 e. The summed E-state index contributed by atoms with van der Waals surface area (Å²) in [5.41, 5.74) is 1.45. The van der Waals surface area contributed by atoms with Gasteiger partial charge in [0.1, 0.15) is 5.82 Å². The number of pyridine rings is 1. The van der Waals surface area contributed by atoms with Gasteiger partial charge in [-0.05, 0) is 87.2 Å². The molecule has 0 fully saturated rings. The van der Waals surface area contributed by atoms with Crippen molar-refractivity contribution in [2.75, 3.05) is 6.54 Å². The number of hydrogen-bond donors (Lipinski definition) is 2. The number of carbonyl (C=O) groups is 1. The molecular formula is C27H30ClFN3O5S2-. The van der Waals surface area contributed by atoms with Gasteiger partial charge in [-0.3, -0.25) is 13.8 Å². The van der Waals surface area contributed by atoms with E-state index in [-0.39, 0.29) is 35.2 Å². The van der Waals surface area contributed by atoms with Crippen LogP contribution < -0.4 is 15.0 Å². The lowest BCUT2D eigenvalue weighted by Gasteiger charge is -2.24. The van der Waals surface area contributed by atoms with Crippen LogP contribution in [0.3, 0.4) is 0 Å². The third kappa shape index (κ3) is 7.77. The zero-order valence-electron chi connectivity index (χ0n) is 22.2. The standard InChI is InChI=1S/C27H31ClFN3O5S2/c1-16(31-38(35)27(2,3)4)20-14-25(33)32(5)15-23(20)21-12-18(10-11-30-39(36)37)24(29)13-22(21)26(34)17-6-8-19(28)9-7-17/h6-9,12-16,30-31H,10-11H2,1-5H3,(H,36,37)/p-1/t16-,38?/m0/s1. The summed E-state index contributed by atoms with van der Waals surface area (Å²) in [5, 5.41) is 0.434. The van der Waals surface area contributed by atoms with Gasteiger partial charge in [-0.2, -0.15) is 0 Å². The molecule has 0 saturated heterocycles. The molecule has 0 radical (unpaired) electrons. The molecule has 210 valence electrons. The molecule has 0 aliphatic rings. The van der Waals surface area contributed by atoms with Gasteiger partial charge in [-0.15, -0.1) is 0 Å². The number of benzene rings is 2. The molecular weight excluding hydrogens is 565 g/mol. The minimum atomic E-state index is -2.52. The van der Waals surface area contributed by atoms with Crippen molar-refractivity contribution >= 4 is 39.6 Å². The molecule has 2 unspecified atom stereocenters. The molecule has 2 aromatic carbocycles. The number of halogens is 2. The highest BCUT2D eigenvalue weighted by molar-refractivity contribution is 7.84. The molecule has 0 aliphatic carbocycles. The molecule has 2 N–H and O–H groups in total. The first kappa shape index (κ1) is 31.0. The van der Waals surface area contributed by atoms with Crippen LogP contribution in [0.5, 0.6) is 0 Å². The van der Waals surface area contributed by atoms with E-state index in [1.54, 1.807) is 32.3 Å². The van der Waals surface area contributed by atoms with E-state index in [9.17, 15) is 22.6 Å². The molecule has 3 rings (SSSR count). The van der Waals surface area contributed by atoms with Crippen LogP contribution in [-0.4, -0.2) is 34.6 Å². The van der Waals surface area contributed by atoms with E-state index in [1.807, 2.05) is 20.8 Å². The average Bonchev–Trinajstić information content (AvgIpc) is 2.85. The predicted molar refractivity (Wildman–Crippen MR) is 152 cm³/mol. The van der Waals surface area contributed by atoms with Gasteiger partial charge in [0.05, 0.1) is 15.7 Å². The van der Waals surface area contributed by atoms with E-state index in [0.29, 0.717) is 21.7 Å². The van der Waals surface area contributed by atoms with Gasteiger partial charge in [0, 0.05) is 64.9 Å². The lowest BCUT2D eigenvalue weighted by molar-refractivity contribution is 0.103. The predicted octanol–water partition coefficient (Wildman–Crippen LogP) is 4.11. The molecule has 1 aromatic heterocycles. The second kappa shape index (κ2) is 12.8. The van der Waals surface area contributed by atoms with Gasteiger partial charge in [0.2, 0.25) is 0 Å². The van der Waals surface area contributed by atoms with Crippen molar-refractivity contribution in [3.63, 3.8) is 0 Å². The zero-order chi connectivity index (χ0) is 29.1. The third-order valence-electron chi connectivity index (χ3n) is 6.01. The SMILES string of the molecule is C[C@H](NS(=O)C(C)(C)C)c1cc(=O)n(C)cc1-c1cc(CCNS(=O)[O-])c(F)cc1C(=O)c1ccc(Cl)cc1. The lowest BCUT2D eigenvalue weighted by atomic mass is 9.88. The van der Waals surface area contributed by atoms with Gasteiger partial charge >= 0.3 is 0 Å². The third-order valence-corrected chi connectivity index (χ3v) is 8.38. The van der Waals surface area contributed by atoms with Crippen LogP contribution in [-0.2, 0) is 35.7 Å². The normalized spacial score (nSPS) is 14.2. The van der Waals surface area contributed by atoms with E-state index in [4.69, 9.17) is 11.6 Å². The van der Waals surface area contributed by atoms with Crippen molar-refractivity contribution in [1.82, 2.24) is 14.0 Å². The second-order valence-electron chi connectivity index (χ2n) is 10.0. The first-order valence-electron chi connectivity index (χ1n) is 12.0. The molecule has 0 aliphatic heterocycles. The van der Waals surface area contributed by atoms with Crippen LogP contribution in [0.25, 0.3) is 11.1 Å². The van der Waals surface area contributed by atoms with Crippen LogP contribution in [0.4, 0.5) is 4.39 Å². The monoisotopic (exact) mass is 594 g/mol. The molecule has 12 heteroatoms. The summed E-state index contributed by atoms with van der Waals surface area (Å²) in [6.07, 6.45) is 1.57. The molecule has 3 aromatic rings. The Balaban J connectivity index is 2.24. The first-order chi connectivity index (χ1) is 18.2. The molecule has 0 saturated carbocycles. The Labute approximate surface area is 237 Å². The van der Waals surface area contributed by atoms with Crippen molar-refractivity contribution in [2.45, 2.75) is 44.9 Å². The topological polar surface area (TPSA) is 120 Å². The largest absolute Gasteiger partial charge is 0.760 e. The van der Waals surface area contributed by atoms with Crippen molar-refractivity contribution in [1.29, 1.82) is 0 Å². The van der Waals surface area contributed by atoms with E-state index in [1.165, 1.54) is 28.8 Å². The fourth-order valence-corrected chi connectivity index (χ4v) is 5.07. The van der Waals surface area contributed by atoms with E-state index < -0.39 is 44.6 Å². The van der Waals surface area contributed by atoms with Crippen LogP contribution in [0.15, 0.2) is 53.5 Å². The molecule has 8 nitrogen and oxygen atoms in total. The van der Waals surface area contributed by atoms with Crippen molar-refractivity contribution in [3.05, 3.63) is 92.1 Å². The number of carbonyl (C=O) groups excluding carboxylic acids is 1. The molecule has 39 heavy (non-hydrogen) atoms. The highest BCUT2D eigenvalue weighted by Crippen LogP contribution is 2.34. The highest BCUT2D eigenvalue weighted by atomic mass is 35.5. The number of rotatable bonds is 10. The van der Waals surface area contributed by atoms with Gasteiger partial charge in [0.15, 0.2) is 5.78 Å². The van der Waals surface area contributed by atoms with Gasteiger partial charge in [0.25, 0.3) is 5.56 Å². The quantitative estimate of drug-likeness (QED) is 0.270. The number of hydrogen-bond acceptors (Lipinski definition) is 5. The smallest absolute Gasteiger partial charge is 0.250 e. The van der Waals surface area contributed by atoms with Crippen molar-refractivity contribution in [2.24, 2.45) is 7.05 Å². The maximum absolute atomic E-state index is 15.3. The summed E-state index contributed by atoms with van der Waals surface area (Å²) in [7, 11) is 0.0826. The summed E-state index contributed by atoms with van der Waals surface area (Å²) in [6, 6.07) is 9.61. The number of nitrogens with one attached hydrogen (secondary N) is 2. The molecule has 1 heterocycles. The van der Waals surface area contributed by atoms with E-state index in [0.717, 1.165) is 6.07 Å². The zero-order valence-corrected chi connectivity index (χ0v) is 24.6.